The van der Waals surface area contributed by atoms with E-state index in [1.807, 2.05) is 17.0 Å². The highest BCUT2D eigenvalue weighted by molar-refractivity contribution is 5.92. The molecule has 1 aliphatic heterocycles. The van der Waals surface area contributed by atoms with Crippen LogP contribution in [0.25, 0.3) is 0 Å². The van der Waals surface area contributed by atoms with Crippen LogP contribution < -0.4 is 14.5 Å². The maximum atomic E-state index is 12.8. The van der Waals surface area contributed by atoms with E-state index >= 15 is 0 Å². The third-order valence-corrected chi connectivity index (χ3v) is 5.17. The summed E-state index contributed by atoms with van der Waals surface area (Å²) in [6.07, 6.45) is 5.46. The number of carbonyl (C=O) groups is 1. The fraction of sp³-hybridized carbons (Fsp3) is 0.500. The Morgan fingerprint density at radius 2 is 1.66 bits per heavy atom. The maximum absolute atomic E-state index is 12.8. The van der Waals surface area contributed by atoms with Crippen LogP contribution in [0.1, 0.15) is 37.2 Å². The number of nitrogens with zero attached hydrogens (tertiary/aromatic N) is 5. The molecule has 3 rings (SSSR count). The SMILES string of the molecule is CCCN(CCC)c1cnc(C(=O)N2CCN(c3ccc(OC)cc3)CC2)cn1. The Kier molecular flexibility index (Phi) is 7.27. The summed E-state index contributed by atoms with van der Waals surface area (Å²) in [7, 11) is 1.67. The number of anilines is 2. The molecule has 0 unspecified atom stereocenters. The fourth-order valence-corrected chi connectivity index (χ4v) is 3.60. The van der Waals surface area contributed by atoms with E-state index < -0.39 is 0 Å². The van der Waals surface area contributed by atoms with E-state index in [0.29, 0.717) is 18.8 Å². The summed E-state index contributed by atoms with van der Waals surface area (Å²) in [6.45, 7) is 9.14. The number of aromatic nitrogens is 2. The minimum Gasteiger partial charge on any atom is -0.497 e. The normalized spacial score (nSPS) is 14.0. The number of carbonyl (C=O) groups excluding carboxylic acids is 1. The summed E-state index contributed by atoms with van der Waals surface area (Å²) >= 11 is 0. The highest BCUT2D eigenvalue weighted by Gasteiger charge is 2.23. The quantitative estimate of drug-likeness (QED) is 0.682. The summed E-state index contributed by atoms with van der Waals surface area (Å²) in [6, 6.07) is 8.03. The van der Waals surface area contributed by atoms with Gasteiger partial charge < -0.3 is 19.4 Å². The molecule has 1 fully saturated rings. The summed E-state index contributed by atoms with van der Waals surface area (Å²) < 4.78 is 5.22. The van der Waals surface area contributed by atoms with Gasteiger partial charge >= 0.3 is 0 Å². The molecule has 0 saturated carbocycles. The molecule has 1 amide bonds. The van der Waals surface area contributed by atoms with Crippen LogP contribution in [0.5, 0.6) is 5.75 Å². The van der Waals surface area contributed by atoms with Crippen LogP contribution in [0.4, 0.5) is 11.5 Å². The van der Waals surface area contributed by atoms with Crippen molar-refractivity contribution in [2.75, 3.05) is 56.2 Å². The zero-order valence-corrected chi connectivity index (χ0v) is 17.7. The first kappa shape index (κ1) is 20.9. The van der Waals surface area contributed by atoms with Gasteiger partial charge in [0.05, 0.1) is 19.5 Å². The number of rotatable bonds is 8. The first-order valence-corrected chi connectivity index (χ1v) is 10.4. The molecule has 0 atom stereocenters. The van der Waals surface area contributed by atoms with Crippen LogP contribution in [-0.4, -0.2) is 67.2 Å². The molecule has 0 N–H and O–H groups in total. The summed E-state index contributed by atoms with van der Waals surface area (Å²) in [5.41, 5.74) is 1.56. The van der Waals surface area contributed by atoms with E-state index in [1.54, 1.807) is 19.5 Å². The van der Waals surface area contributed by atoms with Gasteiger partial charge in [0.1, 0.15) is 17.3 Å². The van der Waals surface area contributed by atoms with Gasteiger partial charge in [-0.15, -0.1) is 0 Å². The number of hydrogen-bond donors (Lipinski definition) is 0. The highest BCUT2D eigenvalue weighted by Crippen LogP contribution is 2.21. The second-order valence-electron chi connectivity index (χ2n) is 7.22. The number of piperazine rings is 1. The molecule has 0 aliphatic carbocycles. The molecule has 7 heteroatoms. The van der Waals surface area contributed by atoms with Crippen LogP contribution in [0.2, 0.25) is 0 Å². The van der Waals surface area contributed by atoms with Crippen molar-refractivity contribution >= 4 is 17.4 Å². The minimum atomic E-state index is -0.0454. The lowest BCUT2D eigenvalue weighted by Crippen LogP contribution is -2.49. The summed E-state index contributed by atoms with van der Waals surface area (Å²) in [5.74, 6) is 1.64. The standard InChI is InChI=1S/C22H31N5O2/c1-4-10-26(11-5-2)21-17-23-20(16-24-21)22(28)27-14-12-25(13-15-27)18-6-8-19(29-3)9-7-18/h6-9,16-17H,4-5,10-15H2,1-3H3. The van der Waals surface area contributed by atoms with Crippen molar-refractivity contribution in [3.63, 3.8) is 0 Å². The van der Waals surface area contributed by atoms with Crippen LogP contribution in [-0.2, 0) is 0 Å². The van der Waals surface area contributed by atoms with Gasteiger partial charge in [-0.3, -0.25) is 4.79 Å². The van der Waals surface area contributed by atoms with Crippen molar-refractivity contribution in [2.45, 2.75) is 26.7 Å². The van der Waals surface area contributed by atoms with Crippen molar-refractivity contribution in [3.05, 3.63) is 42.4 Å². The lowest BCUT2D eigenvalue weighted by Gasteiger charge is -2.36. The number of amides is 1. The van der Waals surface area contributed by atoms with Crippen molar-refractivity contribution in [1.82, 2.24) is 14.9 Å². The Bertz CT molecular complexity index is 765. The molecule has 1 aliphatic rings. The summed E-state index contributed by atoms with van der Waals surface area (Å²) in [5, 5.41) is 0. The van der Waals surface area contributed by atoms with E-state index in [1.165, 1.54) is 0 Å². The van der Waals surface area contributed by atoms with E-state index in [2.05, 4.69) is 45.7 Å². The number of hydrogen-bond acceptors (Lipinski definition) is 6. The van der Waals surface area contributed by atoms with Crippen molar-refractivity contribution < 1.29 is 9.53 Å². The van der Waals surface area contributed by atoms with Crippen LogP contribution >= 0.6 is 0 Å². The fourth-order valence-electron chi connectivity index (χ4n) is 3.60. The Balaban J connectivity index is 1.58. The van der Waals surface area contributed by atoms with Crippen molar-refractivity contribution in [2.24, 2.45) is 0 Å². The third kappa shape index (κ3) is 5.16. The van der Waals surface area contributed by atoms with Crippen LogP contribution in [0.15, 0.2) is 36.7 Å². The average molecular weight is 398 g/mol. The van der Waals surface area contributed by atoms with Crippen molar-refractivity contribution in [3.8, 4) is 5.75 Å². The van der Waals surface area contributed by atoms with Gasteiger partial charge in [0.2, 0.25) is 0 Å². The van der Waals surface area contributed by atoms with E-state index in [9.17, 15) is 4.79 Å². The van der Waals surface area contributed by atoms with E-state index in [4.69, 9.17) is 4.74 Å². The minimum absolute atomic E-state index is 0.0454. The zero-order valence-electron chi connectivity index (χ0n) is 17.7. The smallest absolute Gasteiger partial charge is 0.274 e. The van der Waals surface area contributed by atoms with Gasteiger partial charge in [0.25, 0.3) is 5.91 Å². The predicted octanol–water partition coefficient (Wildman–Crippen LogP) is 3.07. The molecule has 0 radical (unpaired) electrons. The second-order valence-corrected chi connectivity index (χ2v) is 7.22. The largest absolute Gasteiger partial charge is 0.497 e. The average Bonchev–Trinajstić information content (AvgIpc) is 2.79. The molecular formula is C22H31N5O2. The monoisotopic (exact) mass is 397 g/mol. The first-order chi connectivity index (χ1) is 14.2. The molecule has 0 bridgehead atoms. The Hall–Kier alpha value is -2.83. The van der Waals surface area contributed by atoms with E-state index in [0.717, 1.165) is 56.3 Å². The topological polar surface area (TPSA) is 61.8 Å². The zero-order chi connectivity index (χ0) is 20.6. The molecular weight excluding hydrogens is 366 g/mol. The van der Waals surface area contributed by atoms with Gasteiger partial charge in [-0.05, 0) is 37.1 Å². The molecule has 1 aromatic carbocycles. The van der Waals surface area contributed by atoms with Gasteiger partial charge in [-0.2, -0.15) is 0 Å². The lowest BCUT2D eigenvalue weighted by atomic mass is 10.2. The third-order valence-electron chi connectivity index (χ3n) is 5.17. The Morgan fingerprint density at radius 1 is 1.00 bits per heavy atom. The number of benzene rings is 1. The van der Waals surface area contributed by atoms with Crippen LogP contribution in [0, 0.1) is 0 Å². The molecule has 1 saturated heterocycles. The van der Waals surface area contributed by atoms with Gasteiger partial charge in [-0.1, -0.05) is 13.8 Å². The van der Waals surface area contributed by atoms with Crippen LogP contribution in [0.3, 0.4) is 0 Å². The van der Waals surface area contributed by atoms with Crippen molar-refractivity contribution in [1.29, 1.82) is 0 Å². The van der Waals surface area contributed by atoms with Gasteiger partial charge in [0, 0.05) is 45.0 Å². The van der Waals surface area contributed by atoms with Gasteiger partial charge in [-0.25, -0.2) is 9.97 Å². The second kappa shape index (κ2) is 10.1. The number of methoxy groups -OCH3 is 1. The predicted molar refractivity (Wildman–Crippen MR) is 116 cm³/mol. The van der Waals surface area contributed by atoms with E-state index in [-0.39, 0.29) is 5.91 Å². The highest BCUT2D eigenvalue weighted by atomic mass is 16.5. The molecule has 156 valence electrons. The summed E-state index contributed by atoms with van der Waals surface area (Å²) in [4.78, 5) is 28.1. The number of ether oxygens (including phenoxy) is 1. The Labute approximate surface area is 173 Å². The molecule has 2 aromatic rings. The molecule has 2 heterocycles. The molecule has 29 heavy (non-hydrogen) atoms. The maximum Gasteiger partial charge on any atom is 0.274 e. The molecule has 7 nitrogen and oxygen atoms in total. The molecule has 1 aromatic heterocycles. The first-order valence-electron chi connectivity index (χ1n) is 10.4. The van der Waals surface area contributed by atoms with Gasteiger partial charge in [0.15, 0.2) is 0 Å². The Morgan fingerprint density at radius 3 is 2.17 bits per heavy atom. The molecule has 0 spiro atoms. The lowest BCUT2D eigenvalue weighted by molar-refractivity contribution is 0.0740.